The van der Waals surface area contributed by atoms with E-state index < -0.39 is 0 Å². The normalized spacial score (nSPS) is 10.3. The topological polar surface area (TPSA) is 35.5 Å². The zero-order chi connectivity index (χ0) is 13.8. The number of hydrogen-bond donors (Lipinski definition) is 2. The SMILES string of the molecule is Cc1cc(O)ccc1NCc1ccc(N(C)C)cc1. The number of aryl methyl sites for hydroxylation is 1. The number of phenols is 1. The summed E-state index contributed by atoms with van der Waals surface area (Å²) in [5.41, 5.74) is 4.53. The van der Waals surface area contributed by atoms with Crippen LogP contribution in [0.3, 0.4) is 0 Å². The van der Waals surface area contributed by atoms with Crippen LogP contribution in [0.5, 0.6) is 5.75 Å². The van der Waals surface area contributed by atoms with Crippen molar-refractivity contribution in [3.63, 3.8) is 0 Å². The van der Waals surface area contributed by atoms with Crippen LogP contribution >= 0.6 is 0 Å². The van der Waals surface area contributed by atoms with Crippen molar-refractivity contribution in [1.82, 2.24) is 0 Å². The molecule has 0 amide bonds. The fourth-order valence-corrected chi connectivity index (χ4v) is 1.96. The third kappa shape index (κ3) is 3.41. The molecule has 2 aromatic rings. The lowest BCUT2D eigenvalue weighted by molar-refractivity contribution is 0.475. The molecule has 2 aromatic carbocycles. The van der Waals surface area contributed by atoms with E-state index in [9.17, 15) is 5.11 Å². The molecule has 0 saturated carbocycles. The van der Waals surface area contributed by atoms with Gasteiger partial charge in [-0.2, -0.15) is 0 Å². The highest BCUT2D eigenvalue weighted by molar-refractivity contribution is 5.54. The van der Waals surface area contributed by atoms with Crippen molar-refractivity contribution in [2.75, 3.05) is 24.3 Å². The maximum absolute atomic E-state index is 9.37. The summed E-state index contributed by atoms with van der Waals surface area (Å²) in [5.74, 6) is 0.304. The molecule has 0 aromatic heterocycles. The van der Waals surface area contributed by atoms with Crippen molar-refractivity contribution in [3.8, 4) is 5.75 Å². The van der Waals surface area contributed by atoms with Gasteiger partial charge in [-0.25, -0.2) is 0 Å². The zero-order valence-corrected chi connectivity index (χ0v) is 11.6. The van der Waals surface area contributed by atoms with Crippen LogP contribution in [0.25, 0.3) is 0 Å². The third-order valence-corrected chi connectivity index (χ3v) is 3.15. The van der Waals surface area contributed by atoms with Crippen LogP contribution in [0, 0.1) is 6.92 Å². The van der Waals surface area contributed by atoms with Gasteiger partial charge in [0.25, 0.3) is 0 Å². The number of anilines is 2. The molecule has 3 nitrogen and oxygen atoms in total. The van der Waals surface area contributed by atoms with Crippen LogP contribution in [-0.2, 0) is 6.54 Å². The Labute approximate surface area is 114 Å². The number of nitrogens with one attached hydrogen (secondary N) is 1. The second kappa shape index (κ2) is 5.65. The first-order chi connectivity index (χ1) is 9.06. The van der Waals surface area contributed by atoms with Crippen molar-refractivity contribution in [3.05, 3.63) is 53.6 Å². The van der Waals surface area contributed by atoms with Gasteiger partial charge >= 0.3 is 0 Å². The van der Waals surface area contributed by atoms with Crippen LogP contribution in [0.1, 0.15) is 11.1 Å². The lowest BCUT2D eigenvalue weighted by Gasteiger charge is -2.14. The van der Waals surface area contributed by atoms with E-state index in [-0.39, 0.29) is 0 Å². The monoisotopic (exact) mass is 256 g/mol. The van der Waals surface area contributed by atoms with Gasteiger partial charge in [-0.1, -0.05) is 12.1 Å². The molecule has 0 aliphatic carbocycles. The van der Waals surface area contributed by atoms with E-state index in [1.54, 1.807) is 12.1 Å². The summed E-state index contributed by atoms with van der Waals surface area (Å²) in [6.45, 7) is 2.76. The maximum Gasteiger partial charge on any atom is 0.115 e. The minimum absolute atomic E-state index is 0.304. The number of phenolic OH excluding ortho intramolecular Hbond substituents is 1. The molecule has 0 radical (unpaired) electrons. The average molecular weight is 256 g/mol. The summed E-state index contributed by atoms with van der Waals surface area (Å²) in [5, 5.41) is 12.8. The van der Waals surface area contributed by atoms with Gasteiger partial charge in [0, 0.05) is 32.0 Å². The standard InChI is InChI=1S/C16H20N2O/c1-12-10-15(19)8-9-16(12)17-11-13-4-6-14(7-5-13)18(2)3/h4-10,17,19H,11H2,1-3H3. The molecule has 3 heteroatoms. The second-order valence-electron chi connectivity index (χ2n) is 4.91. The fraction of sp³-hybridized carbons (Fsp3) is 0.250. The first-order valence-corrected chi connectivity index (χ1v) is 6.36. The Hall–Kier alpha value is -2.16. The van der Waals surface area contributed by atoms with Crippen LogP contribution in [0.2, 0.25) is 0 Å². The molecule has 0 spiro atoms. The van der Waals surface area contributed by atoms with E-state index in [1.807, 2.05) is 27.1 Å². The van der Waals surface area contributed by atoms with Crippen molar-refractivity contribution >= 4 is 11.4 Å². The number of nitrogens with zero attached hydrogens (tertiary/aromatic N) is 1. The predicted molar refractivity (Wildman–Crippen MR) is 80.9 cm³/mol. The molecule has 0 bridgehead atoms. The van der Waals surface area contributed by atoms with Gasteiger partial charge in [-0.3, -0.25) is 0 Å². The molecule has 2 rings (SSSR count). The lowest BCUT2D eigenvalue weighted by Crippen LogP contribution is -2.08. The van der Waals surface area contributed by atoms with Gasteiger partial charge in [0.05, 0.1) is 0 Å². The number of aromatic hydroxyl groups is 1. The van der Waals surface area contributed by atoms with Crippen LogP contribution < -0.4 is 10.2 Å². The summed E-state index contributed by atoms with van der Waals surface area (Å²) in [6, 6.07) is 13.8. The van der Waals surface area contributed by atoms with Gasteiger partial charge in [0.1, 0.15) is 5.75 Å². The minimum Gasteiger partial charge on any atom is -0.508 e. The Morgan fingerprint density at radius 2 is 1.74 bits per heavy atom. The van der Waals surface area contributed by atoms with Crippen molar-refractivity contribution < 1.29 is 5.11 Å². The summed E-state index contributed by atoms with van der Waals surface area (Å²) >= 11 is 0. The van der Waals surface area contributed by atoms with Crippen LogP contribution in [-0.4, -0.2) is 19.2 Å². The molecular weight excluding hydrogens is 236 g/mol. The second-order valence-corrected chi connectivity index (χ2v) is 4.91. The van der Waals surface area contributed by atoms with Gasteiger partial charge in [0.2, 0.25) is 0 Å². The Bertz CT molecular complexity index is 547. The quantitative estimate of drug-likeness (QED) is 0.823. The van der Waals surface area contributed by atoms with E-state index in [1.165, 1.54) is 11.3 Å². The molecule has 0 heterocycles. The Morgan fingerprint density at radius 3 is 2.32 bits per heavy atom. The number of benzene rings is 2. The van der Waals surface area contributed by atoms with Gasteiger partial charge in [-0.15, -0.1) is 0 Å². The van der Waals surface area contributed by atoms with Gasteiger partial charge in [-0.05, 0) is 48.4 Å². The summed E-state index contributed by atoms with van der Waals surface area (Å²) < 4.78 is 0. The van der Waals surface area contributed by atoms with E-state index >= 15 is 0 Å². The number of rotatable bonds is 4. The first kappa shape index (κ1) is 13.3. The van der Waals surface area contributed by atoms with E-state index in [0.717, 1.165) is 17.8 Å². The molecule has 0 aliphatic rings. The number of hydrogen-bond acceptors (Lipinski definition) is 3. The van der Waals surface area contributed by atoms with Crippen LogP contribution in [0.4, 0.5) is 11.4 Å². The Morgan fingerprint density at radius 1 is 1.05 bits per heavy atom. The zero-order valence-electron chi connectivity index (χ0n) is 11.6. The van der Waals surface area contributed by atoms with Gasteiger partial charge < -0.3 is 15.3 Å². The van der Waals surface area contributed by atoms with Gasteiger partial charge in [0.15, 0.2) is 0 Å². The fourth-order valence-electron chi connectivity index (χ4n) is 1.96. The highest BCUT2D eigenvalue weighted by atomic mass is 16.3. The van der Waals surface area contributed by atoms with Crippen molar-refractivity contribution in [1.29, 1.82) is 0 Å². The predicted octanol–water partition coefficient (Wildman–Crippen LogP) is 3.38. The highest BCUT2D eigenvalue weighted by Gasteiger charge is 2.00. The van der Waals surface area contributed by atoms with E-state index in [0.29, 0.717) is 5.75 Å². The largest absolute Gasteiger partial charge is 0.508 e. The van der Waals surface area contributed by atoms with E-state index in [4.69, 9.17) is 0 Å². The Balaban J connectivity index is 2.02. The lowest BCUT2D eigenvalue weighted by atomic mass is 10.1. The molecule has 0 saturated heterocycles. The molecule has 0 atom stereocenters. The smallest absolute Gasteiger partial charge is 0.115 e. The van der Waals surface area contributed by atoms with Crippen LogP contribution in [0.15, 0.2) is 42.5 Å². The molecule has 0 unspecified atom stereocenters. The first-order valence-electron chi connectivity index (χ1n) is 6.36. The molecule has 2 N–H and O–H groups in total. The Kier molecular flexibility index (Phi) is 3.95. The molecule has 100 valence electrons. The van der Waals surface area contributed by atoms with Crippen molar-refractivity contribution in [2.45, 2.75) is 13.5 Å². The third-order valence-electron chi connectivity index (χ3n) is 3.15. The maximum atomic E-state index is 9.37. The molecule has 0 aliphatic heterocycles. The average Bonchev–Trinajstić information content (AvgIpc) is 2.38. The summed E-state index contributed by atoms with van der Waals surface area (Å²) in [4.78, 5) is 2.08. The summed E-state index contributed by atoms with van der Waals surface area (Å²) in [7, 11) is 4.07. The molecular formula is C16H20N2O. The molecule has 0 fully saturated rings. The minimum atomic E-state index is 0.304. The van der Waals surface area contributed by atoms with E-state index in [2.05, 4.69) is 34.5 Å². The highest BCUT2D eigenvalue weighted by Crippen LogP contribution is 2.21. The van der Waals surface area contributed by atoms with Crippen molar-refractivity contribution in [2.24, 2.45) is 0 Å². The molecule has 19 heavy (non-hydrogen) atoms. The summed E-state index contributed by atoms with van der Waals surface area (Å²) in [6.07, 6.45) is 0.